The molecule has 0 amide bonds. The predicted octanol–water partition coefficient (Wildman–Crippen LogP) is 12.3. The number of benzene rings is 8. The van der Waals surface area contributed by atoms with Gasteiger partial charge in [-0.1, -0.05) is 152 Å². The zero-order chi connectivity index (χ0) is 31.7. The molecule has 0 spiro atoms. The molecule has 0 heterocycles. The van der Waals surface area contributed by atoms with Crippen LogP contribution in [0.3, 0.4) is 0 Å². The van der Waals surface area contributed by atoms with Gasteiger partial charge < -0.3 is 4.90 Å². The average molecular weight is 610 g/mol. The Hall–Kier alpha value is -6.18. The fourth-order valence-electron chi connectivity index (χ4n) is 8.52. The van der Waals surface area contributed by atoms with Crippen LogP contribution in [0.15, 0.2) is 188 Å². The molecule has 8 aromatic rings. The third kappa shape index (κ3) is 3.73. The highest BCUT2D eigenvalue weighted by Gasteiger charge is 2.50. The summed E-state index contributed by atoms with van der Waals surface area (Å²) in [7, 11) is 0. The molecule has 1 nitrogen and oxygen atoms in total. The van der Waals surface area contributed by atoms with E-state index in [-0.39, 0.29) is 0 Å². The molecular formula is C47H31N. The van der Waals surface area contributed by atoms with Gasteiger partial charge in [-0.2, -0.15) is 0 Å². The van der Waals surface area contributed by atoms with E-state index in [9.17, 15) is 0 Å². The Morgan fingerprint density at radius 1 is 0.354 bits per heavy atom. The van der Waals surface area contributed by atoms with Gasteiger partial charge in [-0.3, -0.25) is 0 Å². The second-order valence-electron chi connectivity index (χ2n) is 12.9. The smallest absolute Gasteiger partial charge is 0.0726 e. The largest absolute Gasteiger partial charge is 0.310 e. The Bertz CT molecular complexity index is 2500. The van der Waals surface area contributed by atoms with Crippen LogP contribution in [-0.2, 0) is 5.41 Å². The molecule has 1 heteroatoms. The maximum atomic E-state index is 2.47. The first-order chi connectivity index (χ1) is 23.8. The molecule has 0 bridgehead atoms. The quantitative estimate of drug-likeness (QED) is 0.188. The lowest BCUT2D eigenvalue weighted by atomic mass is 9.62. The average Bonchev–Trinajstić information content (AvgIpc) is 3.47. The van der Waals surface area contributed by atoms with Crippen molar-refractivity contribution in [1.82, 2.24) is 0 Å². The molecule has 2 aliphatic carbocycles. The second-order valence-corrected chi connectivity index (χ2v) is 12.9. The van der Waals surface area contributed by atoms with E-state index in [1.807, 2.05) is 0 Å². The van der Waals surface area contributed by atoms with E-state index < -0.39 is 5.41 Å². The standard InChI is InChI=1S/C47H31N/c1-4-14-32(15-5-1)34-17-12-22-37(30-34)48(36-20-8-3-9-21-36)38-27-29-40-42-28-26-33-16-13-24-41-39-23-10-11-25-43(39)47(44(40)31-38,46(42)45(33)41)35-18-6-2-7-19-35/h1-31H. The number of anilines is 3. The van der Waals surface area contributed by atoms with Gasteiger partial charge in [0, 0.05) is 17.1 Å². The van der Waals surface area contributed by atoms with E-state index in [1.54, 1.807) is 0 Å². The summed E-state index contributed by atoms with van der Waals surface area (Å²) < 4.78 is 0. The predicted molar refractivity (Wildman–Crippen MR) is 200 cm³/mol. The number of hydrogen-bond donors (Lipinski definition) is 0. The molecule has 8 aromatic carbocycles. The first-order valence-electron chi connectivity index (χ1n) is 16.7. The van der Waals surface area contributed by atoms with Crippen molar-refractivity contribution in [3.05, 3.63) is 210 Å². The van der Waals surface area contributed by atoms with Gasteiger partial charge in [-0.25, -0.2) is 0 Å². The zero-order valence-electron chi connectivity index (χ0n) is 26.3. The van der Waals surface area contributed by atoms with Crippen LogP contribution in [0.1, 0.15) is 22.3 Å². The normalized spacial score (nSPS) is 15.2. The molecule has 224 valence electrons. The summed E-state index contributed by atoms with van der Waals surface area (Å²) in [6.07, 6.45) is 0. The molecule has 10 rings (SSSR count). The van der Waals surface area contributed by atoms with Crippen LogP contribution in [0.25, 0.3) is 44.2 Å². The summed E-state index contributed by atoms with van der Waals surface area (Å²) in [5, 5.41) is 2.66. The van der Waals surface area contributed by atoms with Crippen molar-refractivity contribution in [3.8, 4) is 33.4 Å². The van der Waals surface area contributed by atoms with Gasteiger partial charge >= 0.3 is 0 Å². The molecule has 0 aromatic heterocycles. The Kier molecular flexibility index (Phi) is 5.86. The Morgan fingerprint density at radius 2 is 0.958 bits per heavy atom. The van der Waals surface area contributed by atoms with Crippen molar-refractivity contribution >= 4 is 27.8 Å². The van der Waals surface area contributed by atoms with Crippen LogP contribution in [0.4, 0.5) is 17.1 Å². The zero-order valence-corrected chi connectivity index (χ0v) is 26.3. The third-order valence-electron chi connectivity index (χ3n) is 10.4. The van der Waals surface area contributed by atoms with Crippen LogP contribution in [-0.4, -0.2) is 0 Å². The van der Waals surface area contributed by atoms with E-state index >= 15 is 0 Å². The summed E-state index contributed by atoms with van der Waals surface area (Å²) >= 11 is 0. The van der Waals surface area contributed by atoms with Gasteiger partial charge in [0.25, 0.3) is 0 Å². The van der Waals surface area contributed by atoms with E-state index in [1.165, 1.54) is 66.4 Å². The summed E-state index contributed by atoms with van der Waals surface area (Å²) in [4.78, 5) is 2.41. The fraction of sp³-hybridized carbons (Fsp3) is 0.0213. The Balaban J connectivity index is 1.28. The van der Waals surface area contributed by atoms with Crippen LogP contribution in [0.5, 0.6) is 0 Å². The molecule has 1 unspecified atom stereocenters. The van der Waals surface area contributed by atoms with E-state index in [4.69, 9.17) is 0 Å². The monoisotopic (exact) mass is 609 g/mol. The van der Waals surface area contributed by atoms with Gasteiger partial charge in [0.15, 0.2) is 0 Å². The molecule has 0 saturated heterocycles. The SMILES string of the molecule is c1ccc(-c2cccc(N(c3ccccc3)c3ccc4c(c3)C3(c5ccccc5)c5ccccc5-c5cccc6ccc-4c3c56)c2)cc1. The van der Waals surface area contributed by atoms with Crippen LogP contribution in [0.2, 0.25) is 0 Å². The van der Waals surface area contributed by atoms with Crippen molar-refractivity contribution in [1.29, 1.82) is 0 Å². The molecule has 0 aliphatic heterocycles. The van der Waals surface area contributed by atoms with Crippen molar-refractivity contribution in [2.45, 2.75) is 5.41 Å². The second kappa shape index (κ2) is 10.4. The van der Waals surface area contributed by atoms with Gasteiger partial charge in [-0.05, 0) is 103 Å². The van der Waals surface area contributed by atoms with Gasteiger partial charge in [0.05, 0.1) is 5.41 Å². The van der Waals surface area contributed by atoms with Crippen LogP contribution in [0, 0.1) is 0 Å². The van der Waals surface area contributed by atoms with Crippen LogP contribution >= 0.6 is 0 Å². The Labute approximate surface area is 281 Å². The minimum atomic E-state index is -0.458. The molecule has 48 heavy (non-hydrogen) atoms. The number of nitrogens with zero attached hydrogens (tertiary/aromatic N) is 1. The van der Waals surface area contributed by atoms with E-state index in [0.29, 0.717) is 0 Å². The topological polar surface area (TPSA) is 3.24 Å². The maximum absolute atomic E-state index is 2.47. The fourth-order valence-corrected chi connectivity index (χ4v) is 8.52. The third-order valence-corrected chi connectivity index (χ3v) is 10.4. The lowest BCUT2D eigenvalue weighted by molar-refractivity contribution is 0.773. The molecule has 0 radical (unpaired) electrons. The Morgan fingerprint density at radius 3 is 1.79 bits per heavy atom. The summed E-state index contributed by atoms with van der Waals surface area (Å²) in [6, 6.07) is 69.2. The number of fused-ring (bicyclic) bond motifs is 6. The maximum Gasteiger partial charge on any atom is 0.0726 e. The highest BCUT2D eigenvalue weighted by Crippen LogP contribution is 2.63. The molecular weight excluding hydrogens is 579 g/mol. The summed E-state index contributed by atoms with van der Waals surface area (Å²) in [5.41, 5.74) is 16.0. The molecule has 0 N–H and O–H groups in total. The molecule has 0 saturated carbocycles. The molecule has 2 aliphatic rings. The van der Waals surface area contributed by atoms with E-state index in [0.717, 1.165) is 17.1 Å². The minimum absolute atomic E-state index is 0.458. The van der Waals surface area contributed by atoms with Gasteiger partial charge in [-0.15, -0.1) is 0 Å². The van der Waals surface area contributed by atoms with Gasteiger partial charge in [0.1, 0.15) is 0 Å². The van der Waals surface area contributed by atoms with Crippen LogP contribution < -0.4 is 4.90 Å². The molecule has 1 atom stereocenters. The first-order valence-corrected chi connectivity index (χ1v) is 16.7. The highest BCUT2D eigenvalue weighted by atomic mass is 15.1. The van der Waals surface area contributed by atoms with Crippen molar-refractivity contribution in [2.24, 2.45) is 0 Å². The van der Waals surface area contributed by atoms with Crippen molar-refractivity contribution < 1.29 is 0 Å². The summed E-state index contributed by atoms with van der Waals surface area (Å²) in [6.45, 7) is 0. The van der Waals surface area contributed by atoms with Crippen molar-refractivity contribution in [3.63, 3.8) is 0 Å². The number of rotatable bonds is 5. The highest BCUT2D eigenvalue weighted by molar-refractivity contribution is 6.11. The lowest BCUT2D eigenvalue weighted by Gasteiger charge is -2.40. The molecule has 0 fully saturated rings. The van der Waals surface area contributed by atoms with Gasteiger partial charge in [0.2, 0.25) is 0 Å². The lowest BCUT2D eigenvalue weighted by Crippen LogP contribution is -2.31. The minimum Gasteiger partial charge on any atom is -0.310 e. The number of hydrogen-bond acceptors (Lipinski definition) is 1. The summed E-state index contributed by atoms with van der Waals surface area (Å²) in [5.74, 6) is 0. The van der Waals surface area contributed by atoms with Crippen molar-refractivity contribution in [2.75, 3.05) is 4.90 Å². The first kappa shape index (κ1) is 27.0. The van der Waals surface area contributed by atoms with E-state index in [2.05, 4.69) is 193 Å². The number of para-hydroxylation sites is 1.